The maximum absolute atomic E-state index is 12.5. The van der Waals surface area contributed by atoms with Gasteiger partial charge in [-0.15, -0.1) is 0 Å². The Balaban J connectivity index is 3.62. The van der Waals surface area contributed by atoms with E-state index < -0.39 is 18.2 Å². The number of rotatable bonds is 50. The molecule has 0 aromatic heterocycles. The van der Waals surface area contributed by atoms with Gasteiger partial charge in [0.05, 0.1) is 31.3 Å². The summed E-state index contributed by atoms with van der Waals surface area (Å²) >= 11 is 0. The Morgan fingerprint density at radius 3 is 1.05 bits per heavy atom. The third-order valence-electron chi connectivity index (χ3n) is 12.6. The molecule has 0 spiro atoms. The zero-order valence-corrected chi connectivity index (χ0v) is 41.1. The minimum Gasteiger partial charge on any atom is -0.394 e. The highest BCUT2D eigenvalue weighted by molar-refractivity contribution is 5.76. The number of aliphatic hydroxyl groups is 3. The van der Waals surface area contributed by atoms with Crippen molar-refractivity contribution in [2.75, 3.05) is 6.61 Å². The Bertz CT molecular complexity index is 947. The predicted molar refractivity (Wildman–Crippen MR) is 268 cm³/mol. The van der Waals surface area contributed by atoms with E-state index in [0.717, 1.165) is 32.1 Å². The molecule has 1 amide bonds. The summed E-state index contributed by atoms with van der Waals surface area (Å²) in [7, 11) is 0. The lowest BCUT2D eigenvalue weighted by Gasteiger charge is -2.21. The third-order valence-corrected chi connectivity index (χ3v) is 12.6. The van der Waals surface area contributed by atoms with Gasteiger partial charge in [0.25, 0.3) is 0 Å². The van der Waals surface area contributed by atoms with Crippen molar-refractivity contribution in [3.8, 4) is 0 Å². The van der Waals surface area contributed by atoms with E-state index in [1.54, 1.807) is 6.08 Å². The van der Waals surface area contributed by atoms with Crippen LogP contribution in [0, 0.1) is 0 Å². The van der Waals surface area contributed by atoms with E-state index in [2.05, 4.69) is 43.5 Å². The van der Waals surface area contributed by atoms with Crippen LogP contribution in [0.2, 0.25) is 0 Å². The van der Waals surface area contributed by atoms with Gasteiger partial charge in [0, 0.05) is 0 Å². The van der Waals surface area contributed by atoms with Crippen LogP contribution < -0.4 is 5.32 Å². The van der Waals surface area contributed by atoms with Crippen molar-refractivity contribution in [3.63, 3.8) is 0 Å². The Labute approximate surface area is 381 Å². The molecule has 0 aliphatic carbocycles. The summed E-state index contributed by atoms with van der Waals surface area (Å²) in [6.45, 7) is 4.23. The molecule has 3 unspecified atom stereocenters. The van der Waals surface area contributed by atoms with Crippen LogP contribution in [0.25, 0.3) is 0 Å². The molecule has 0 saturated heterocycles. The molecule has 0 radical (unpaired) electrons. The van der Waals surface area contributed by atoms with Crippen LogP contribution in [0.1, 0.15) is 290 Å². The van der Waals surface area contributed by atoms with E-state index in [1.807, 2.05) is 6.08 Å². The second-order valence-electron chi connectivity index (χ2n) is 18.8. The molecular formula is C56H107NO4. The number of nitrogens with one attached hydrogen (secondary N) is 1. The van der Waals surface area contributed by atoms with E-state index in [9.17, 15) is 20.1 Å². The summed E-state index contributed by atoms with van der Waals surface area (Å²) in [5.41, 5.74) is 0. The molecule has 0 saturated carbocycles. The lowest BCUT2D eigenvalue weighted by Crippen LogP contribution is -2.45. The van der Waals surface area contributed by atoms with Gasteiger partial charge >= 0.3 is 0 Å². The second-order valence-corrected chi connectivity index (χ2v) is 18.8. The zero-order valence-electron chi connectivity index (χ0n) is 41.1. The molecule has 0 rings (SSSR count). The van der Waals surface area contributed by atoms with Crippen molar-refractivity contribution >= 4 is 5.91 Å². The van der Waals surface area contributed by atoms with Gasteiger partial charge in [0.2, 0.25) is 5.91 Å². The number of aliphatic hydroxyl groups excluding tert-OH is 3. The molecule has 5 heteroatoms. The van der Waals surface area contributed by atoms with Gasteiger partial charge in [-0.05, 0) is 57.8 Å². The van der Waals surface area contributed by atoms with E-state index in [4.69, 9.17) is 0 Å². The molecular weight excluding hydrogens is 751 g/mol. The molecule has 0 aromatic carbocycles. The minimum atomic E-state index is -0.953. The molecule has 61 heavy (non-hydrogen) atoms. The molecule has 0 heterocycles. The van der Waals surface area contributed by atoms with Gasteiger partial charge in [-0.3, -0.25) is 4.79 Å². The molecule has 5 nitrogen and oxygen atoms in total. The standard InChI is InChI=1S/C56H107NO4/c1-3-5-7-9-11-13-15-17-19-21-23-25-27-28-29-31-33-35-37-39-41-43-45-47-49-53(59)51-56(61)57-54(52-58)55(60)50-48-46-44-42-40-38-36-34-32-30-26-24-22-20-18-16-14-12-10-8-6-4-2/h28-29,40,42,48,50,53-55,58-60H,3-27,30-39,41,43-47,49,51-52H2,1-2H3,(H,57,61)/b29-28-,42-40+,50-48+. The van der Waals surface area contributed by atoms with Crippen LogP contribution in [-0.4, -0.2) is 46.1 Å². The van der Waals surface area contributed by atoms with E-state index >= 15 is 0 Å². The number of allylic oxidation sites excluding steroid dienone is 5. The first-order chi connectivity index (χ1) is 30.0. The van der Waals surface area contributed by atoms with Gasteiger partial charge in [-0.1, -0.05) is 262 Å². The first kappa shape index (κ1) is 59.6. The summed E-state index contributed by atoms with van der Waals surface area (Å²) in [4.78, 5) is 12.5. The summed E-state index contributed by atoms with van der Waals surface area (Å²) in [5, 5.41) is 33.4. The molecule has 0 aliphatic heterocycles. The third kappa shape index (κ3) is 47.9. The molecule has 4 N–H and O–H groups in total. The predicted octanol–water partition coefficient (Wildman–Crippen LogP) is 16.7. The zero-order chi connectivity index (χ0) is 44.4. The molecule has 360 valence electrons. The maximum atomic E-state index is 12.5. The molecule has 0 fully saturated rings. The normalized spacial score (nSPS) is 13.6. The Hall–Kier alpha value is -1.43. The van der Waals surface area contributed by atoms with E-state index in [-0.39, 0.29) is 18.9 Å². The topological polar surface area (TPSA) is 89.8 Å². The van der Waals surface area contributed by atoms with Gasteiger partial charge in [0.1, 0.15) is 0 Å². The van der Waals surface area contributed by atoms with Gasteiger partial charge in [-0.25, -0.2) is 0 Å². The second kappa shape index (κ2) is 51.2. The summed E-state index contributed by atoms with van der Waals surface area (Å²) in [5.74, 6) is -0.324. The number of amides is 1. The Morgan fingerprint density at radius 1 is 0.410 bits per heavy atom. The summed E-state index contributed by atoms with van der Waals surface area (Å²) in [6, 6.07) is -0.763. The smallest absolute Gasteiger partial charge is 0.222 e. The molecule has 3 atom stereocenters. The van der Waals surface area contributed by atoms with Crippen LogP contribution >= 0.6 is 0 Å². The monoisotopic (exact) mass is 858 g/mol. The van der Waals surface area contributed by atoms with Gasteiger partial charge < -0.3 is 20.6 Å². The Morgan fingerprint density at radius 2 is 0.705 bits per heavy atom. The maximum Gasteiger partial charge on any atom is 0.222 e. The highest BCUT2D eigenvalue weighted by Gasteiger charge is 2.20. The van der Waals surface area contributed by atoms with Gasteiger partial charge in [0.15, 0.2) is 0 Å². The summed E-state index contributed by atoms with van der Waals surface area (Å²) < 4.78 is 0. The van der Waals surface area contributed by atoms with Crippen molar-refractivity contribution in [3.05, 3.63) is 36.5 Å². The Kier molecular flexibility index (Phi) is 50.0. The fraction of sp³-hybridized carbons (Fsp3) is 0.875. The van der Waals surface area contributed by atoms with Gasteiger partial charge in [-0.2, -0.15) is 0 Å². The van der Waals surface area contributed by atoms with Crippen molar-refractivity contribution < 1.29 is 20.1 Å². The average molecular weight is 858 g/mol. The van der Waals surface area contributed by atoms with Crippen molar-refractivity contribution in [1.82, 2.24) is 5.32 Å². The van der Waals surface area contributed by atoms with Crippen molar-refractivity contribution in [1.29, 1.82) is 0 Å². The van der Waals surface area contributed by atoms with Crippen LogP contribution in [-0.2, 0) is 4.79 Å². The minimum absolute atomic E-state index is 0.00489. The number of hydrogen-bond donors (Lipinski definition) is 4. The van der Waals surface area contributed by atoms with Crippen LogP contribution in [0.5, 0.6) is 0 Å². The van der Waals surface area contributed by atoms with Crippen molar-refractivity contribution in [2.45, 2.75) is 308 Å². The first-order valence-corrected chi connectivity index (χ1v) is 27.3. The number of carbonyl (C=O) groups excluding carboxylic acids is 1. The number of hydrogen-bond acceptors (Lipinski definition) is 4. The van der Waals surface area contributed by atoms with E-state index in [0.29, 0.717) is 6.42 Å². The fourth-order valence-electron chi connectivity index (χ4n) is 8.47. The lowest BCUT2D eigenvalue weighted by molar-refractivity contribution is -0.124. The molecule has 0 aliphatic rings. The van der Waals surface area contributed by atoms with Crippen LogP contribution in [0.4, 0.5) is 0 Å². The quantitative estimate of drug-likeness (QED) is 0.0362. The SMILES string of the molecule is CCCCCCCCCCCCCC/C=C\CCCCCCCCCCC(O)CC(=O)NC(CO)C(O)/C=C/CC/C=C/CCCCCCCCCCCCCCCCCC. The van der Waals surface area contributed by atoms with E-state index in [1.165, 1.54) is 231 Å². The highest BCUT2D eigenvalue weighted by atomic mass is 16.3. The largest absolute Gasteiger partial charge is 0.394 e. The number of unbranched alkanes of at least 4 members (excludes halogenated alkanes) is 37. The fourth-order valence-corrected chi connectivity index (χ4v) is 8.47. The van der Waals surface area contributed by atoms with Crippen LogP contribution in [0.3, 0.4) is 0 Å². The first-order valence-electron chi connectivity index (χ1n) is 27.3. The number of carbonyl (C=O) groups is 1. The average Bonchev–Trinajstić information content (AvgIpc) is 3.25. The van der Waals surface area contributed by atoms with Crippen LogP contribution in [0.15, 0.2) is 36.5 Å². The summed E-state index contributed by atoms with van der Waals surface area (Å²) in [6.07, 6.45) is 66.1. The highest BCUT2D eigenvalue weighted by Crippen LogP contribution is 2.17. The molecule has 0 aromatic rings. The lowest BCUT2D eigenvalue weighted by atomic mass is 10.0. The molecule has 0 bridgehead atoms. The van der Waals surface area contributed by atoms with Crippen molar-refractivity contribution in [2.24, 2.45) is 0 Å².